The highest BCUT2D eigenvalue weighted by Crippen LogP contribution is 2.46. The molecule has 1 atom stereocenters. The first-order valence-corrected chi connectivity index (χ1v) is 12.7. The van der Waals surface area contributed by atoms with Gasteiger partial charge in [0.25, 0.3) is 5.91 Å². The van der Waals surface area contributed by atoms with Crippen LogP contribution in [0.5, 0.6) is 0 Å². The number of carbonyl (C=O) groups is 2. The molecule has 2 aliphatic heterocycles. The van der Waals surface area contributed by atoms with E-state index in [1.165, 1.54) is 0 Å². The van der Waals surface area contributed by atoms with Crippen molar-refractivity contribution >= 4 is 28.6 Å². The highest BCUT2D eigenvalue weighted by molar-refractivity contribution is 6.16. The summed E-state index contributed by atoms with van der Waals surface area (Å²) in [6.45, 7) is 2.22. The summed E-state index contributed by atoms with van der Waals surface area (Å²) in [5.41, 5.74) is 3.84. The Kier molecular flexibility index (Phi) is 4.47. The van der Waals surface area contributed by atoms with Gasteiger partial charge in [-0.25, -0.2) is 0 Å². The minimum absolute atomic E-state index is 0.144. The highest BCUT2D eigenvalue weighted by atomic mass is 16.2. The molecule has 2 aromatic carbocycles. The van der Waals surface area contributed by atoms with Crippen LogP contribution in [0.1, 0.15) is 37.7 Å². The standard InChI is InChI=1S/C28H29N5O2/c1-31-24-9-8-22(14-23(24)15-29-31)19-2-4-20(5-3-19)25-30-28(11-12-28)27(35)33(25)17-18-10-13-32(16-18)26(34)21-6-7-21/h2-5,8-9,14-15,18,21H,6-7,10-13,16-17H2,1H3/t18-/m1/s1. The number of nitrogens with zero attached hydrogens (tertiary/aromatic N) is 5. The molecule has 0 N–H and O–H groups in total. The molecule has 4 aliphatic rings. The van der Waals surface area contributed by atoms with Gasteiger partial charge in [0.05, 0.1) is 11.7 Å². The summed E-state index contributed by atoms with van der Waals surface area (Å²) in [5.74, 6) is 1.82. The molecule has 178 valence electrons. The summed E-state index contributed by atoms with van der Waals surface area (Å²) in [4.78, 5) is 34.7. The number of fused-ring (bicyclic) bond motifs is 1. The molecule has 7 rings (SSSR count). The van der Waals surface area contributed by atoms with Gasteiger partial charge in [-0.15, -0.1) is 0 Å². The van der Waals surface area contributed by atoms with E-state index >= 15 is 0 Å². The summed E-state index contributed by atoms with van der Waals surface area (Å²) in [7, 11) is 1.95. The summed E-state index contributed by atoms with van der Waals surface area (Å²) >= 11 is 0. The van der Waals surface area contributed by atoms with Crippen LogP contribution in [0.4, 0.5) is 0 Å². The molecule has 2 saturated carbocycles. The van der Waals surface area contributed by atoms with Gasteiger partial charge in [0, 0.05) is 43.5 Å². The largest absolute Gasteiger partial charge is 0.342 e. The molecule has 2 aliphatic carbocycles. The molecule has 2 amide bonds. The van der Waals surface area contributed by atoms with Crippen LogP contribution in [-0.4, -0.2) is 62.4 Å². The molecule has 0 radical (unpaired) electrons. The average Bonchev–Trinajstić information content (AvgIpc) is 3.78. The van der Waals surface area contributed by atoms with E-state index in [9.17, 15) is 9.59 Å². The van der Waals surface area contributed by atoms with Crippen LogP contribution in [0, 0.1) is 11.8 Å². The van der Waals surface area contributed by atoms with Crippen LogP contribution in [0.2, 0.25) is 0 Å². The third-order valence-corrected chi connectivity index (χ3v) is 8.13. The van der Waals surface area contributed by atoms with Crippen molar-refractivity contribution in [3.63, 3.8) is 0 Å². The highest BCUT2D eigenvalue weighted by Gasteiger charge is 2.57. The topological polar surface area (TPSA) is 70.8 Å². The second kappa shape index (κ2) is 7.51. The number of amidine groups is 1. The fourth-order valence-corrected chi connectivity index (χ4v) is 5.68. The van der Waals surface area contributed by atoms with Crippen molar-refractivity contribution < 1.29 is 9.59 Å². The van der Waals surface area contributed by atoms with Gasteiger partial charge < -0.3 is 4.90 Å². The molecule has 1 aromatic heterocycles. The fourth-order valence-electron chi connectivity index (χ4n) is 5.68. The molecule has 7 heteroatoms. The molecule has 1 spiro atoms. The lowest BCUT2D eigenvalue weighted by Crippen LogP contribution is -2.40. The molecule has 0 bridgehead atoms. The van der Waals surface area contributed by atoms with Gasteiger partial charge in [-0.05, 0) is 61.3 Å². The quantitative estimate of drug-likeness (QED) is 0.576. The lowest BCUT2D eigenvalue weighted by Gasteiger charge is -2.23. The number of likely N-dealkylation sites (tertiary alicyclic amines) is 1. The number of amides is 2. The van der Waals surface area contributed by atoms with Crippen LogP contribution < -0.4 is 0 Å². The zero-order valence-corrected chi connectivity index (χ0v) is 20.0. The van der Waals surface area contributed by atoms with Crippen LogP contribution in [0.15, 0.2) is 53.7 Å². The van der Waals surface area contributed by atoms with Crippen LogP contribution in [-0.2, 0) is 16.6 Å². The van der Waals surface area contributed by atoms with Gasteiger partial charge in [0.15, 0.2) is 0 Å². The van der Waals surface area contributed by atoms with Gasteiger partial charge in [-0.2, -0.15) is 5.10 Å². The summed E-state index contributed by atoms with van der Waals surface area (Å²) in [6.07, 6.45) is 6.60. The van der Waals surface area contributed by atoms with Crippen LogP contribution >= 0.6 is 0 Å². The van der Waals surface area contributed by atoms with Crippen molar-refractivity contribution in [2.45, 2.75) is 37.6 Å². The molecule has 3 fully saturated rings. The molecule has 3 aromatic rings. The van der Waals surface area contributed by atoms with Crippen molar-refractivity contribution in [3.8, 4) is 11.1 Å². The third-order valence-electron chi connectivity index (χ3n) is 8.13. The minimum Gasteiger partial charge on any atom is -0.342 e. The third kappa shape index (κ3) is 3.48. The van der Waals surface area contributed by atoms with Crippen LogP contribution in [0.3, 0.4) is 0 Å². The summed E-state index contributed by atoms with van der Waals surface area (Å²) in [5, 5.41) is 5.46. The van der Waals surface area contributed by atoms with E-state index in [2.05, 4.69) is 47.6 Å². The molecule has 7 nitrogen and oxygen atoms in total. The molecular weight excluding hydrogens is 438 g/mol. The first kappa shape index (κ1) is 20.9. The van der Waals surface area contributed by atoms with E-state index in [0.717, 1.165) is 78.6 Å². The number of benzene rings is 2. The van der Waals surface area contributed by atoms with Gasteiger partial charge in [-0.1, -0.05) is 30.3 Å². The first-order chi connectivity index (χ1) is 17.0. The summed E-state index contributed by atoms with van der Waals surface area (Å²) < 4.78 is 1.88. The number of aliphatic imine (C=N–C) groups is 1. The van der Waals surface area contributed by atoms with E-state index in [0.29, 0.717) is 18.4 Å². The van der Waals surface area contributed by atoms with Gasteiger partial charge in [0.2, 0.25) is 5.91 Å². The normalized spacial score (nSPS) is 22.9. The molecule has 1 saturated heterocycles. The maximum Gasteiger partial charge on any atom is 0.256 e. The Bertz CT molecular complexity index is 1380. The van der Waals surface area contributed by atoms with Crippen molar-refractivity contribution in [2.24, 2.45) is 23.9 Å². The fraction of sp³-hybridized carbons (Fsp3) is 0.429. The monoisotopic (exact) mass is 467 g/mol. The Morgan fingerprint density at radius 3 is 2.51 bits per heavy atom. The van der Waals surface area contributed by atoms with Crippen LogP contribution in [0.25, 0.3) is 22.0 Å². The van der Waals surface area contributed by atoms with E-state index in [1.807, 2.05) is 27.7 Å². The number of rotatable bonds is 5. The Labute approximate surface area is 204 Å². The Hall–Kier alpha value is -3.48. The zero-order valence-electron chi connectivity index (χ0n) is 20.0. The SMILES string of the molecule is Cn1ncc2cc(-c3ccc(C4=NC5(CC5)C(=O)N4C[C@@H]4CCN(C(=O)C5CC5)C4)cc3)ccc21. The predicted octanol–water partition coefficient (Wildman–Crippen LogP) is 3.62. The molecule has 0 unspecified atom stereocenters. The Morgan fingerprint density at radius 2 is 1.77 bits per heavy atom. The number of aromatic nitrogens is 2. The van der Waals surface area contributed by atoms with Crippen molar-refractivity contribution in [2.75, 3.05) is 19.6 Å². The Morgan fingerprint density at radius 1 is 1.03 bits per heavy atom. The second-order valence-electron chi connectivity index (χ2n) is 10.7. The van der Waals surface area contributed by atoms with Crippen molar-refractivity contribution in [3.05, 3.63) is 54.2 Å². The van der Waals surface area contributed by atoms with E-state index in [1.54, 1.807) is 0 Å². The number of hydrogen-bond donors (Lipinski definition) is 0. The second-order valence-corrected chi connectivity index (χ2v) is 10.7. The van der Waals surface area contributed by atoms with E-state index in [4.69, 9.17) is 4.99 Å². The van der Waals surface area contributed by atoms with E-state index in [-0.39, 0.29) is 11.8 Å². The summed E-state index contributed by atoms with van der Waals surface area (Å²) in [6, 6.07) is 14.8. The number of carbonyl (C=O) groups excluding carboxylic acids is 2. The lowest BCUT2D eigenvalue weighted by molar-refractivity contribution is -0.131. The zero-order chi connectivity index (χ0) is 23.7. The van der Waals surface area contributed by atoms with Gasteiger partial charge in [-0.3, -0.25) is 24.2 Å². The number of hydrogen-bond acceptors (Lipinski definition) is 4. The number of aryl methyl sites for hydroxylation is 1. The van der Waals surface area contributed by atoms with Crippen molar-refractivity contribution in [1.82, 2.24) is 19.6 Å². The van der Waals surface area contributed by atoms with Crippen molar-refractivity contribution in [1.29, 1.82) is 0 Å². The Balaban J connectivity index is 1.12. The molecule has 35 heavy (non-hydrogen) atoms. The van der Waals surface area contributed by atoms with Gasteiger partial charge >= 0.3 is 0 Å². The maximum absolute atomic E-state index is 13.3. The maximum atomic E-state index is 13.3. The average molecular weight is 468 g/mol. The first-order valence-electron chi connectivity index (χ1n) is 12.7. The lowest BCUT2D eigenvalue weighted by atomic mass is 10.0. The van der Waals surface area contributed by atoms with Gasteiger partial charge in [0.1, 0.15) is 11.4 Å². The van der Waals surface area contributed by atoms with E-state index < -0.39 is 5.54 Å². The minimum atomic E-state index is -0.526. The molecular formula is C28H29N5O2. The molecule has 3 heterocycles. The predicted molar refractivity (Wildman–Crippen MR) is 134 cm³/mol. The smallest absolute Gasteiger partial charge is 0.256 e.